The monoisotopic (exact) mass is 303 g/mol. The summed E-state index contributed by atoms with van der Waals surface area (Å²) < 4.78 is 5.25. The van der Waals surface area contributed by atoms with Gasteiger partial charge < -0.3 is 10.5 Å². The van der Waals surface area contributed by atoms with Crippen LogP contribution >= 0.6 is 11.6 Å². The van der Waals surface area contributed by atoms with Crippen LogP contribution in [0.25, 0.3) is 0 Å². The van der Waals surface area contributed by atoms with E-state index in [0.717, 1.165) is 16.7 Å². The Morgan fingerprint density at radius 1 is 1.24 bits per heavy atom. The third kappa shape index (κ3) is 4.80. The Balaban J connectivity index is 1.82. The Morgan fingerprint density at radius 2 is 2.05 bits per heavy atom. The maximum absolute atomic E-state index is 11.8. The molecule has 0 radical (unpaired) electrons. The normalized spacial score (nSPS) is 10.4. The van der Waals surface area contributed by atoms with Gasteiger partial charge in [-0.25, -0.2) is 0 Å². The molecule has 2 aromatic carbocycles. The number of carbonyl (C=O) groups excluding carboxylic acids is 1. The molecule has 4 heteroatoms. The first-order chi connectivity index (χ1) is 10.0. The summed E-state index contributed by atoms with van der Waals surface area (Å²) >= 11 is 6.10. The smallest absolute Gasteiger partial charge is 0.306 e. The van der Waals surface area contributed by atoms with Crippen molar-refractivity contribution in [1.29, 1.82) is 0 Å². The largest absolute Gasteiger partial charge is 0.461 e. The van der Waals surface area contributed by atoms with Crippen LogP contribution in [0.5, 0.6) is 0 Å². The van der Waals surface area contributed by atoms with E-state index in [-0.39, 0.29) is 12.6 Å². The summed E-state index contributed by atoms with van der Waals surface area (Å²) in [5.41, 5.74) is 9.33. The van der Waals surface area contributed by atoms with Crippen LogP contribution in [0.1, 0.15) is 23.1 Å². The number of carbonyl (C=O) groups is 1. The summed E-state index contributed by atoms with van der Waals surface area (Å²) in [5.74, 6) is -0.242. The summed E-state index contributed by atoms with van der Waals surface area (Å²) in [4.78, 5) is 11.8. The topological polar surface area (TPSA) is 52.3 Å². The summed E-state index contributed by atoms with van der Waals surface area (Å²) in [5, 5.41) is 0.624. The van der Waals surface area contributed by atoms with Gasteiger partial charge in [0.1, 0.15) is 6.61 Å². The van der Waals surface area contributed by atoms with Gasteiger partial charge in [-0.05, 0) is 42.7 Å². The number of rotatable bonds is 5. The Kier molecular flexibility index (Phi) is 5.23. The molecule has 3 nitrogen and oxygen atoms in total. The van der Waals surface area contributed by atoms with E-state index in [4.69, 9.17) is 22.1 Å². The molecule has 0 saturated carbocycles. The highest BCUT2D eigenvalue weighted by atomic mass is 35.5. The Bertz CT molecular complexity index is 640. The number of aryl methyl sites for hydroxylation is 2. The van der Waals surface area contributed by atoms with Gasteiger partial charge in [-0.2, -0.15) is 0 Å². The molecule has 0 bridgehead atoms. The number of hydrogen-bond acceptors (Lipinski definition) is 3. The van der Waals surface area contributed by atoms with Gasteiger partial charge in [-0.1, -0.05) is 35.9 Å². The summed E-state index contributed by atoms with van der Waals surface area (Å²) in [6.07, 6.45) is 0.943. The minimum absolute atomic E-state index is 0.203. The summed E-state index contributed by atoms with van der Waals surface area (Å²) in [7, 11) is 0. The highest BCUT2D eigenvalue weighted by molar-refractivity contribution is 6.31. The Labute approximate surface area is 129 Å². The Hall–Kier alpha value is -2.00. The van der Waals surface area contributed by atoms with E-state index in [1.165, 1.54) is 0 Å². The van der Waals surface area contributed by atoms with Gasteiger partial charge in [0, 0.05) is 22.7 Å². The fourth-order valence-electron chi connectivity index (χ4n) is 1.99. The molecule has 0 fully saturated rings. The number of nitrogen functional groups attached to an aromatic ring is 1. The SMILES string of the molecule is Cc1ccc(COC(=O)CCc2cccc(N)c2)c(Cl)c1. The zero-order valence-corrected chi connectivity index (χ0v) is 12.7. The van der Waals surface area contributed by atoms with E-state index in [2.05, 4.69) is 0 Å². The number of ether oxygens (including phenoxy) is 1. The first-order valence-corrected chi connectivity index (χ1v) is 7.17. The van der Waals surface area contributed by atoms with Crippen LogP contribution in [-0.2, 0) is 22.6 Å². The maximum Gasteiger partial charge on any atom is 0.306 e. The number of benzene rings is 2. The van der Waals surface area contributed by atoms with Gasteiger partial charge in [-0.3, -0.25) is 4.79 Å². The van der Waals surface area contributed by atoms with Crippen LogP contribution in [0.4, 0.5) is 5.69 Å². The number of halogens is 1. The molecule has 0 spiro atoms. The molecule has 110 valence electrons. The predicted molar refractivity (Wildman–Crippen MR) is 85.2 cm³/mol. The average molecular weight is 304 g/mol. The van der Waals surface area contributed by atoms with Crippen molar-refractivity contribution in [2.24, 2.45) is 0 Å². The molecule has 2 rings (SSSR count). The van der Waals surface area contributed by atoms with E-state index >= 15 is 0 Å². The average Bonchev–Trinajstić information content (AvgIpc) is 2.44. The molecule has 0 unspecified atom stereocenters. The van der Waals surface area contributed by atoms with Gasteiger partial charge in [0.15, 0.2) is 0 Å². The second-order valence-electron chi connectivity index (χ2n) is 5.00. The summed E-state index contributed by atoms with van der Waals surface area (Å²) in [6.45, 7) is 2.17. The van der Waals surface area contributed by atoms with Gasteiger partial charge >= 0.3 is 5.97 Å². The lowest BCUT2D eigenvalue weighted by Gasteiger charge is -2.07. The van der Waals surface area contributed by atoms with E-state index in [1.807, 2.05) is 49.4 Å². The minimum Gasteiger partial charge on any atom is -0.461 e. The molecular formula is C17H18ClNO2. The zero-order valence-electron chi connectivity index (χ0n) is 11.9. The minimum atomic E-state index is -0.242. The van der Waals surface area contributed by atoms with Crippen molar-refractivity contribution in [2.75, 3.05) is 5.73 Å². The Morgan fingerprint density at radius 3 is 2.76 bits per heavy atom. The number of esters is 1. The highest BCUT2D eigenvalue weighted by Gasteiger charge is 2.07. The molecule has 0 aromatic heterocycles. The second-order valence-corrected chi connectivity index (χ2v) is 5.41. The molecule has 2 N–H and O–H groups in total. The molecule has 0 amide bonds. The van der Waals surface area contributed by atoms with Crippen molar-refractivity contribution in [3.63, 3.8) is 0 Å². The zero-order chi connectivity index (χ0) is 15.2. The van der Waals surface area contributed by atoms with Crippen molar-refractivity contribution in [3.8, 4) is 0 Å². The quantitative estimate of drug-likeness (QED) is 0.673. The van der Waals surface area contributed by atoms with E-state index in [9.17, 15) is 4.79 Å². The number of anilines is 1. The van der Waals surface area contributed by atoms with Crippen molar-refractivity contribution in [3.05, 3.63) is 64.2 Å². The molecule has 0 aliphatic heterocycles. The standard InChI is InChI=1S/C17H18ClNO2/c1-12-5-7-14(16(18)9-12)11-21-17(20)8-6-13-3-2-4-15(19)10-13/h2-5,7,9-10H,6,8,11,19H2,1H3. The molecular weight excluding hydrogens is 286 g/mol. The van der Waals surface area contributed by atoms with Crippen LogP contribution < -0.4 is 5.73 Å². The third-order valence-corrected chi connectivity index (χ3v) is 3.52. The van der Waals surface area contributed by atoms with Gasteiger partial charge in [0.05, 0.1) is 0 Å². The number of nitrogens with two attached hydrogens (primary N) is 1. The predicted octanol–water partition coefficient (Wildman–Crippen LogP) is 3.91. The van der Waals surface area contributed by atoms with Crippen molar-refractivity contribution in [2.45, 2.75) is 26.4 Å². The van der Waals surface area contributed by atoms with Gasteiger partial charge in [0.2, 0.25) is 0 Å². The van der Waals surface area contributed by atoms with Crippen LogP contribution in [0.3, 0.4) is 0 Å². The van der Waals surface area contributed by atoms with Gasteiger partial charge in [0.25, 0.3) is 0 Å². The van der Waals surface area contributed by atoms with Crippen molar-refractivity contribution >= 4 is 23.3 Å². The molecule has 0 aliphatic carbocycles. The first kappa shape index (κ1) is 15.4. The van der Waals surface area contributed by atoms with Crippen LogP contribution in [0.2, 0.25) is 5.02 Å². The van der Waals surface area contributed by atoms with Gasteiger partial charge in [-0.15, -0.1) is 0 Å². The van der Waals surface area contributed by atoms with Crippen molar-refractivity contribution < 1.29 is 9.53 Å². The number of hydrogen-bond donors (Lipinski definition) is 1. The second kappa shape index (κ2) is 7.14. The van der Waals surface area contributed by atoms with Crippen molar-refractivity contribution in [1.82, 2.24) is 0 Å². The first-order valence-electron chi connectivity index (χ1n) is 6.79. The maximum atomic E-state index is 11.8. The lowest BCUT2D eigenvalue weighted by molar-refractivity contribution is -0.144. The van der Waals surface area contributed by atoms with Crippen LogP contribution in [0, 0.1) is 6.92 Å². The lowest BCUT2D eigenvalue weighted by Crippen LogP contribution is -2.06. The fourth-order valence-corrected chi connectivity index (χ4v) is 2.28. The molecule has 0 saturated heterocycles. The van der Waals surface area contributed by atoms with E-state index in [1.54, 1.807) is 0 Å². The van der Waals surface area contributed by atoms with E-state index < -0.39 is 0 Å². The van der Waals surface area contributed by atoms with Crippen LogP contribution in [0.15, 0.2) is 42.5 Å². The lowest BCUT2D eigenvalue weighted by atomic mass is 10.1. The molecule has 0 atom stereocenters. The molecule has 21 heavy (non-hydrogen) atoms. The highest BCUT2D eigenvalue weighted by Crippen LogP contribution is 2.18. The summed E-state index contributed by atoms with van der Waals surface area (Å²) in [6, 6.07) is 13.2. The third-order valence-electron chi connectivity index (χ3n) is 3.17. The molecule has 0 aliphatic rings. The fraction of sp³-hybridized carbons (Fsp3) is 0.235. The van der Waals surface area contributed by atoms with E-state index in [0.29, 0.717) is 23.6 Å². The van der Waals surface area contributed by atoms with Crippen LogP contribution in [-0.4, -0.2) is 5.97 Å². The molecule has 2 aromatic rings. The molecule has 0 heterocycles.